The SMILES string of the molecule is O=C(COc1ccc(-c2cnc3ccccc3n2)cc1)c1ccccc1. The lowest BCUT2D eigenvalue weighted by atomic mass is 10.1. The van der Waals surface area contributed by atoms with Gasteiger partial charge in [-0.05, 0) is 36.4 Å². The molecule has 0 saturated carbocycles. The van der Waals surface area contributed by atoms with Gasteiger partial charge in [-0.25, -0.2) is 4.98 Å². The molecule has 26 heavy (non-hydrogen) atoms. The maximum absolute atomic E-state index is 12.1. The van der Waals surface area contributed by atoms with Crippen LogP contribution in [0, 0.1) is 0 Å². The van der Waals surface area contributed by atoms with Gasteiger partial charge in [0.15, 0.2) is 12.4 Å². The molecule has 0 N–H and O–H groups in total. The van der Waals surface area contributed by atoms with Gasteiger partial charge in [0.1, 0.15) is 5.75 Å². The second kappa shape index (κ2) is 7.15. The number of ketones is 1. The Balaban J connectivity index is 1.47. The van der Waals surface area contributed by atoms with Gasteiger partial charge in [0, 0.05) is 11.1 Å². The molecule has 0 fully saturated rings. The van der Waals surface area contributed by atoms with E-state index in [0.717, 1.165) is 22.3 Å². The number of benzene rings is 3. The van der Waals surface area contributed by atoms with Crippen molar-refractivity contribution in [1.29, 1.82) is 0 Å². The predicted molar refractivity (Wildman–Crippen MR) is 101 cm³/mol. The molecular formula is C22H16N2O2. The topological polar surface area (TPSA) is 52.1 Å². The molecule has 0 saturated heterocycles. The van der Waals surface area contributed by atoms with Crippen molar-refractivity contribution in [2.75, 3.05) is 6.61 Å². The summed E-state index contributed by atoms with van der Waals surface area (Å²) in [6.07, 6.45) is 1.76. The molecule has 4 aromatic rings. The largest absolute Gasteiger partial charge is 0.485 e. The summed E-state index contributed by atoms with van der Waals surface area (Å²) in [7, 11) is 0. The molecule has 0 unspecified atom stereocenters. The van der Waals surface area contributed by atoms with Gasteiger partial charge in [-0.1, -0.05) is 42.5 Å². The number of rotatable bonds is 5. The molecule has 1 heterocycles. The van der Waals surface area contributed by atoms with E-state index in [2.05, 4.69) is 9.97 Å². The molecule has 0 aliphatic heterocycles. The van der Waals surface area contributed by atoms with Crippen LogP contribution in [0.2, 0.25) is 0 Å². The van der Waals surface area contributed by atoms with Gasteiger partial charge >= 0.3 is 0 Å². The van der Waals surface area contributed by atoms with Crippen LogP contribution in [0.1, 0.15) is 10.4 Å². The predicted octanol–water partition coefficient (Wildman–Crippen LogP) is 4.56. The van der Waals surface area contributed by atoms with Crippen molar-refractivity contribution in [3.05, 3.63) is 90.6 Å². The van der Waals surface area contributed by atoms with Gasteiger partial charge in [-0.2, -0.15) is 0 Å². The summed E-state index contributed by atoms with van der Waals surface area (Å²) in [5, 5.41) is 0. The maximum atomic E-state index is 12.1. The first-order valence-electron chi connectivity index (χ1n) is 8.33. The average molecular weight is 340 g/mol. The first-order valence-corrected chi connectivity index (χ1v) is 8.33. The van der Waals surface area contributed by atoms with E-state index in [1.165, 1.54) is 0 Å². The molecule has 3 aromatic carbocycles. The van der Waals surface area contributed by atoms with E-state index in [4.69, 9.17) is 4.74 Å². The number of fused-ring (bicyclic) bond motifs is 1. The van der Waals surface area contributed by atoms with E-state index in [1.54, 1.807) is 18.3 Å². The molecule has 4 heteroatoms. The monoisotopic (exact) mass is 340 g/mol. The summed E-state index contributed by atoms with van der Waals surface area (Å²) < 4.78 is 5.60. The lowest BCUT2D eigenvalue weighted by Gasteiger charge is -2.07. The summed E-state index contributed by atoms with van der Waals surface area (Å²) in [6, 6.07) is 24.4. The van der Waals surface area contributed by atoms with Gasteiger partial charge in [-0.15, -0.1) is 0 Å². The molecule has 0 atom stereocenters. The highest BCUT2D eigenvalue weighted by Gasteiger charge is 2.07. The van der Waals surface area contributed by atoms with Crippen LogP contribution in [0.4, 0.5) is 0 Å². The normalized spacial score (nSPS) is 10.6. The van der Waals surface area contributed by atoms with Crippen molar-refractivity contribution < 1.29 is 9.53 Å². The van der Waals surface area contributed by atoms with Crippen LogP contribution in [0.5, 0.6) is 5.75 Å². The molecule has 0 amide bonds. The van der Waals surface area contributed by atoms with E-state index < -0.39 is 0 Å². The number of nitrogens with zero attached hydrogens (tertiary/aromatic N) is 2. The summed E-state index contributed by atoms with van der Waals surface area (Å²) in [6.45, 7) is 0.0130. The van der Waals surface area contributed by atoms with Crippen LogP contribution >= 0.6 is 0 Å². The Morgan fingerprint density at radius 2 is 1.50 bits per heavy atom. The highest BCUT2D eigenvalue weighted by atomic mass is 16.5. The zero-order chi connectivity index (χ0) is 17.8. The third-order valence-corrected chi connectivity index (χ3v) is 4.06. The lowest BCUT2D eigenvalue weighted by Crippen LogP contribution is -2.11. The number of hydrogen-bond acceptors (Lipinski definition) is 4. The second-order valence-corrected chi connectivity index (χ2v) is 5.85. The number of para-hydroxylation sites is 2. The molecule has 0 aliphatic rings. The minimum atomic E-state index is -0.0462. The highest BCUT2D eigenvalue weighted by molar-refractivity contribution is 5.97. The van der Waals surface area contributed by atoms with Crippen LogP contribution < -0.4 is 4.74 Å². The molecule has 0 spiro atoms. The fourth-order valence-electron chi connectivity index (χ4n) is 2.67. The van der Waals surface area contributed by atoms with Crippen molar-refractivity contribution in [3.63, 3.8) is 0 Å². The van der Waals surface area contributed by atoms with Crippen LogP contribution in [-0.2, 0) is 0 Å². The third kappa shape index (κ3) is 3.44. The molecule has 126 valence electrons. The summed E-state index contributed by atoms with van der Waals surface area (Å²) in [5.74, 6) is 0.599. The molecule has 0 radical (unpaired) electrons. The Morgan fingerprint density at radius 1 is 0.808 bits per heavy atom. The van der Waals surface area contributed by atoms with Crippen LogP contribution in [0.15, 0.2) is 85.1 Å². The van der Waals surface area contributed by atoms with Gasteiger partial charge in [0.05, 0.1) is 22.9 Å². The minimum Gasteiger partial charge on any atom is -0.485 e. The van der Waals surface area contributed by atoms with E-state index in [1.807, 2.05) is 66.7 Å². The maximum Gasteiger partial charge on any atom is 0.200 e. The Morgan fingerprint density at radius 3 is 2.27 bits per heavy atom. The van der Waals surface area contributed by atoms with Crippen molar-refractivity contribution in [1.82, 2.24) is 9.97 Å². The Labute approximate surface area is 151 Å². The van der Waals surface area contributed by atoms with E-state index in [-0.39, 0.29) is 12.4 Å². The number of aromatic nitrogens is 2. The Hall–Kier alpha value is -3.53. The van der Waals surface area contributed by atoms with Gasteiger partial charge in [-0.3, -0.25) is 9.78 Å². The van der Waals surface area contributed by atoms with Crippen molar-refractivity contribution >= 4 is 16.8 Å². The molecule has 4 rings (SSSR count). The van der Waals surface area contributed by atoms with Crippen LogP contribution in [-0.4, -0.2) is 22.4 Å². The number of hydrogen-bond donors (Lipinski definition) is 0. The smallest absolute Gasteiger partial charge is 0.200 e. The molecule has 4 nitrogen and oxygen atoms in total. The van der Waals surface area contributed by atoms with Gasteiger partial charge in [0.25, 0.3) is 0 Å². The first-order chi connectivity index (χ1) is 12.8. The lowest BCUT2D eigenvalue weighted by molar-refractivity contribution is 0.0921. The third-order valence-electron chi connectivity index (χ3n) is 4.06. The van der Waals surface area contributed by atoms with Crippen molar-refractivity contribution in [2.45, 2.75) is 0 Å². The fraction of sp³-hybridized carbons (Fsp3) is 0.0455. The van der Waals surface area contributed by atoms with Crippen molar-refractivity contribution in [3.8, 4) is 17.0 Å². The summed E-state index contributed by atoms with van der Waals surface area (Å²) in [5.41, 5.74) is 4.13. The van der Waals surface area contributed by atoms with Gasteiger partial charge < -0.3 is 4.74 Å². The van der Waals surface area contributed by atoms with Crippen LogP contribution in [0.3, 0.4) is 0 Å². The molecule has 0 bridgehead atoms. The summed E-state index contributed by atoms with van der Waals surface area (Å²) >= 11 is 0. The zero-order valence-electron chi connectivity index (χ0n) is 14.0. The second-order valence-electron chi connectivity index (χ2n) is 5.85. The van der Waals surface area contributed by atoms with E-state index >= 15 is 0 Å². The molecular weight excluding hydrogens is 324 g/mol. The summed E-state index contributed by atoms with van der Waals surface area (Å²) in [4.78, 5) is 21.2. The standard InChI is InChI=1S/C22H16N2O2/c25-22(17-6-2-1-3-7-17)15-26-18-12-10-16(11-13-18)21-14-23-19-8-4-5-9-20(19)24-21/h1-14H,15H2. The highest BCUT2D eigenvalue weighted by Crippen LogP contribution is 2.22. The quantitative estimate of drug-likeness (QED) is 0.500. The fourth-order valence-corrected chi connectivity index (χ4v) is 2.67. The van der Waals surface area contributed by atoms with Crippen molar-refractivity contribution in [2.24, 2.45) is 0 Å². The number of carbonyl (C=O) groups excluding carboxylic acids is 1. The molecule has 1 aromatic heterocycles. The van der Waals surface area contributed by atoms with E-state index in [9.17, 15) is 4.79 Å². The van der Waals surface area contributed by atoms with E-state index in [0.29, 0.717) is 11.3 Å². The number of ether oxygens (including phenoxy) is 1. The van der Waals surface area contributed by atoms with Crippen LogP contribution in [0.25, 0.3) is 22.3 Å². The Kier molecular flexibility index (Phi) is 4.39. The zero-order valence-corrected chi connectivity index (χ0v) is 14.0. The average Bonchev–Trinajstić information content (AvgIpc) is 2.72. The minimum absolute atomic E-state index is 0.0130. The number of Topliss-reactive ketones (excluding diaryl/α,β-unsaturated/α-hetero) is 1. The number of carbonyl (C=O) groups is 1. The van der Waals surface area contributed by atoms with Gasteiger partial charge in [0.2, 0.25) is 0 Å². The Bertz CT molecular complexity index is 1040. The first kappa shape index (κ1) is 16.0. The molecule has 0 aliphatic carbocycles.